The van der Waals surface area contributed by atoms with Crippen molar-refractivity contribution in [3.63, 3.8) is 0 Å². The lowest BCUT2D eigenvalue weighted by molar-refractivity contribution is -0.148. The van der Waals surface area contributed by atoms with Gasteiger partial charge in [-0.1, -0.05) is 13.8 Å². The summed E-state index contributed by atoms with van der Waals surface area (Å²) < 4.78 is 58.8. The maximum Gasteiger partial charge on any atom is 0.324 e. The van der Waals surface area contributed by atoms with Crippen molar-refractivity contribution in [2.24, 2.45) is 0 Å². The quantitative estimate of drug-likeness (QED) is 0.581. The Hall–Kier alpha value is -1.49. The Morgan fingerprint density at radius 2 is 1.61 bits per heavy atom. The normalized spacial score (nSPS) is 18.9. The van der Waals surface area contributed by atoms with Crippen LogP contribution in [0.25, 0.3) is 0 Å². The number of benzene rings is 1. The van der Waals surface area contributed by atoms with Gasteiger partial charge < -0.3 is 4.74 Å². The molecule has 1 aromatic carbocycles. The summed E-state index contributed by atoms with van der Waals surface area (Å²) in [6, 6.07) is 4.30. The first kappa shape index (κ1) is 22.8. The number of hydrogen-bond donors (Lipinski definition) is 0. The second-order valence-electron chi connectivity index (χ2n) is 6.44. The minimum Gasteiger partial charge on any atom is -0.465 e. The van der Waals surface area contributed by atoms with E-state index in [1.165, 1.54) is 32.9 Å². The standard InChI is InChI=1S/C18H28N2O6S2/c1-4-19(5-2)27(22,23)15-10-12-16(13-11-15)28(24,25)20-14-8-7-9-17(20)18(21)26-6-3/h10-13,17H,4-9,14H2,1-3H3. The number of nitrogens with zero attached hydrogens (tertiary/aromatic N) is 2. The van der Waals surface area contributed by atoms with Crippen LogP contribution in [0.4, 0.5) is 0 Å². The highest BCUT2D eigenvalue weighted by molar-refractivity contribution is 7.89. The zero-order valence-electron chi connectivity index (χ0n) is 16.5. The smallest absolute Gasteiger partial charge is 0.324 e. The number of sulfonamides is 2. The van der Waals surface area contributed by atoms with Crippen molar-refractivity contribution in [2.45, 2.75) is 55.9 Å². The van der Waals surface area contributed by atoms with Gasteiger partial charge in [0.1, 0.15) is 6.04 Å². The Morgan fingerprint density at radius 1 is 1.04 bits per heavy atom. The first-order valence-electron chi connectivity index (χ1n) is 9.48. The molecule has 158 valence electrons. The maximum atomic E-state index is 13.1. The Kier molecular flexibility index (Phi) is 7.60. The van der Waals surface area contributed by atoms with E-state index in [2.05, 4.69) is 0 Å². The molecule has 1 aromatic rings. The molecule has 1 aliphatic heterocycles. The second kappa shape index (κ2) is 9.34. The van der Waals surface area contributed by atoms with Gasteiger partial charge in [-0.15, -0.1) is 0 Å². The van der Waals surface area contributed by atoms with E-state index in [-0.39, 0.29) is 22.9 Å². The van der Waals surface area contributed by atoms with Crippen LogP contribution < -0.4 is 0 Å². The van der Waals surface area contributed by atoms with Gasteiger partial charge in [0.05, 0.1) is 16.4 Å². The molecule has 1 heterocycles. The minimum absolute atomic E-state index is 0.0377. The summed E-state index contributed by atoms with van der Waals surface area (Å²) >= 11 is 0. The van der Waals surface area contributed by atoms with Gasteiger partial charge in [0.2, 0.25) is 20.0 Å². The first-order valence-corrected chi connectivity index (χ1v) is 12.4. The van der Waals surface area contributed by atoms with E-state index in [9.17, 15) is 21.6 Å². The van der Waals surface area contributed by atoms with E-state index in [4.69, 9.17) is 4.74 Å². The van der Waals surface area contributed by atoms with Crippen molar-refractivity contribution >= 4 is 26.0 Å². The Labute approximate surface area is 167 Å². The van der Waals surface area contributed by atoms with Crippen molar-refractivity contribution in [1.82, 2.24) is 8.61 Å². The topological polar surface area (TPSA) is 101 Å². The molecule has 0 amide bonds. The number of carbonyl (C=O) groups excluding carboxylic acids is 1. The minimum atomic E-state index is -3.94. The molecular weight excluding hydrogens is 404 g/mol. The van der Waals surface area contributed by atoms with Gasteiger partial charge in [0.25, 0.3) is 0 Å². The molecule has 2 rings (SSSR count). The molecule has 1 saturated heterocycles. The lowest BCUT2D eigenvalue weighted by atomic mass is 10.1. The van der Waals surface area contributed by atoms with Gasteiger partial charge in [-0.3, -0.25) is 4.79 Å². The number of hydrogen-bond acceptors (Lipinski definition) is 6. The summed E-state index contributed by atoms with van der Waals surface area (Å²) in [5.74, 6) is -0.550. The zero-order valence-corrected chi connectivity index (χ0v) is 18.1. The van der Waals surface area contributed by atoms with Crippen molar-refractivity contribution in [1.29, 1.82) is 0 Å². The molecule has 0 aromatic heterocycles. The van der Waals surface area contributed by atoms with E-state index in [0.29, 0.717) is 25.9 Å². The molecule has 1 fully saturated rings. The fraction of sp³-hybridized carbons (Fsp3) is 0.611. The second-order valence-corrected chi connectivity index (χ2v) is 10.3. The van der Waals surface area contributed by atoms with Crippen LogP contribution in [0.3, 0.4) is 0 Å². The van der Waals surface area contributed by atoms with E-state index in [0.717, 1.165) is 6.42 Å². The van der Waals surface area contributed by atoms with Crippen LogP contribution in [-0.4, -0.2) is 63.7 Å². The van der Waals surface area contributed by atoms with Crippen molar-refractivity contribution in [3.8, 4) is 0 Å². The van der Waals surface area contributed by atoms with Crippen LogP contribution in [0.5, 0.6) is 0 Å². The molecule has 0 spiro atoms. The van der Waals surface area contributed by atoms with Gasteiger partial charge in [-0.2, -0.15) is 8.61 Å². The molecule has 8 nitrogen and oxygen atoms in total. The number of rotatable bonds is 8. The SMILES string of the molecule is CCOC(=O)C1CCCCN1S(=O)(=O)c1ccc(S(=O)(=O)N(CC)CC)cc1. The molecule has 0 saturated carbocycles. The Balaban J connectivity index is 2.34. The van der Waals surface area contributed by atoms with Crippen LogP contribution >= 0.6 is 0 Å². The number of piperidine rings is 1. The molecule has 1 atom stereocenters. The first-order chi connectivity index (χ1) is 13.2. The summed E-state index contributed by atoms with van der Waals surface area (Å²) in [4.78, 5) is 12.2. The average molecular weight is 433 g/mol. The summed E-state index contributed by atoms with van der Waals surface area (Å²) in [7, 11) is -7.61. The highest BCUT2D eigenvalue weighted by Crippen LogP contribution is 2.27. The highest BCUT2D eigenvalue weighted by Gasteiger charge is 2.38. The largest absolute Gasteiger partial charge is 0.465 e. The van der Waals surface area contributed by atoms with Gasteiger partial charge in [-0.05, 0) is 50.5 Å². The predicted octanol–water partition coefficient (Wildman–Crippen LogP) is 1.82. The Bertz CT molecular complexity index is 877. The molecule has 0 N–H and O–H groups in total. The van der Waals surface area contributed by atoms with E-state index in [1.807, 2.05) is 0 Å². The molecule has 0 radical (unpaired) electrons. The van der Waals surface area contributed by atoms with Gasteiger partial charge in [-0.25, -0.2) is 16.8 Å². The van der Waals surface area contributed by atoms with Crippen LogP contribution in [0.1, 0.15) is 40.0 Å². The van der Waals surface area contributed by atoms with Crippen LogP contribution in [-0.2, 0) is 29.6 Å². The molecule has 28 heavy (non-hydrogen) atoms. The van der Waals surface area contributed by atoms with Crippen LogP contribution in [0.2, 0.25) is 0 Å². The van der Waals surface area contributed by atoms with E-state index in [1.54, 1.807) is 20.8 Å². The van der Waals surface area contributed by atoms with Gasteiger partial charge >= 0.3 is 5.97 Å². The molecule has 0 bridgehead atoms. The van der Waals surface area contributed by atoms with Gasteiger partial charge in [0.15, 0.2) is 0 Å². The molecule has 1 unspecified atom stereocenters. The zero-order chi connectivity index (χ0) is 20.9. The lowest BCUT2D eigenvalue weighted by Crippen LogP contribution is -2.48. The average Bonchev–Trinajstić information content (AvgIpc) is 2.69. The van der Waals surface area contributed by atoms with Crippen LogP contribution in [0.15, 0.2) is 34.1 Å². The monoisotopic (exact) mass is 432 g/mol. The summed E-state index contributed by atoms with van der Waals surface area (Å²) in [5, 5.41) is 0. The third-order valence-corrected chi connectivity index (χ3v) is 8.77. The van der Waals surface area contributed by atoms with Gasteiger partial charge in [0, 0.05) is 19.6 Å². The van der Waals surface area contributed by atoms with Crippen molar-refractivity contribution in [3.05, 3.63) is 24.3 Å². The van der Waals surface area contributed by atoms with Crippen molar-refractivity contribution < 1.29 is 26.4 Å². The fourth-order valence-electron chi connectivity index (χ4n) is 3.30. The highest BCUT2D eigenvalue weighted by atomic mass is 32.2. The van der Waals surface area contributed by atoms with Crippen LogP contribution in [0, 0.1) is 0 Å². The number of ether oxygens (including phenoxy) is 1. The molecule has 10 heteroatoms. The summed E-state index contributed by atoms with van der Waals surface area (Å²) in [6.07, 6.45) is 1.81. The fourth-order valence-corrected chi connectivity index (χ4v) is 6.40. The molecule has 1 aliphatic rings. The van der Waals surface area contributed by atoms with Crippen molar-refractivity contribution in [2.75, 3.05) is 26.2 Å². The molecule has 0 aliphatic carbocycles. The molecular formula is C18H28N2O6S2. The summed E-state index contributed by atoms with van der Waals surface area (Å²) in [6.45, 7) is 6.22. The maximum absolute atomic E-state index is 13.1. The summed E-state index contributed by atoms with van der Waals surface area (Å²) in [5.41, 5.74) is 0. The third-order valence-electron chi connectivity index (χ3n) is 4.79. The van der Waals surface area contributed by atoms with E-state index < -0.39 is 32.1 Å². The number of esters is 1. The lowest BCUT2D eigenvalue weighted by Gasteiger charge is -2.33. The van der Waals surface area contributed by atoms with E-state index >= 15 is 0 Å². The Morgan fingerprint density at radius 3 is 2.14 bits per heavy atom. The third kappa shape index (κ3) is 4.56. The predicted molar refractivity (Wildman–Crippen MR) is 105 cm³/mol. The number of carbonyl (C=O) groups is 1.